The van der Waals surface area contributed by atoms with Crippen LogP contribution in [0.25, 0.3) is 21.9 Å². The van der Waals surface area contributed by atoms with Gasteiger partial charge < -0.3 is 11.1 Å². The molecule has 2 aromatic heterocycles. The van der Waals surface area contributed by atoms with Crippen LogP contribution in [-0.4, -0.2) is 20.7 Å². The fraction of sp³-hybridized carbons (Fsp3) is 0.174. The molecule has 1 fully saturated rings. The lowest BCUT2D eigenvalue weighted by Crippen LogP contribution is -2.15. The van der Waals surface area contributed by atoms with Gasteiger partial charge in [0.2, 0.25) is 5.91 Å². The summed E-state index contributed by atoms with van der Waals surface area (Å²) in [5.41, 5.74) is 7.67. The summed E-state index contributed by atoms with van der Waals surface area (Å²) in [6.45, 7) is 0. The molecule has 0 spiro atoms. The number of nitrogen functional groups attached to an aromatic ring is 1. The average molecular weight is 419 g/mol. The van der Waals surface area contributed by atoms with Crippen molar-refractivity contribution in [3.8, 4) is 11.1 Å². The van der Waals surface area contributed by atoms with E-state index in [0.717, 1.165) is 12.0 Å². The number of fused-ring (bicyclic) bond motifs is 1. The van der Waals surface area contributed by atoms with Gasteiger partial charge in [-0.2, -0.15) is 5.10 Å². The fourth-order valence-electron chi connectivity index (χ4n) is 3.98. The molecule has 0 bridgehead atoms. The Bertz CT molecular complexity index is 1310. The number of pyridine rings is 1. The second-order valence-electron chi connectivity index (χ2n) is 7.84. The number of aromatic nitrogens is 3. The fourth-order valence-corrected chi connectivity index (χ4v) is 3.98. The third-order valence-electron chi connectivity index (χ3n) is 5.65. The van der Waals surface area contributed by atoms with Crippen molar-refractivity contribution in [3.05, 3.63) is 72.2 Å². The smallest absolute Gasteiger partial charge is 0.229 e. The summed E-state index contributed by atoms with van der Waals surface area (Å²) in [6, 6.07) is 8.53. The number of amides is 1. The van der Waals surface area contributed by atoms with Gasteiger partial charge in [-0.15, -0.1) is 0 Å². The predicted octanol–water partition coefficient (Wildman–Crippen LogP) is 4.24. The van der Waals surface area contributed by atoms with Gasteiger partial charge in [-0.3, -0.25) is 9.48 Å². The number of nitrogens with two attached hydrogens (primary N) is 1. The minimum atomic E-state index is -0.670. The lowest BCUT2D eigenvalue weighted by molar-refractivity contribution is -0.117. The first kappa shape index (κ1) is 19.2. The highest BCUT2D eigenvalue weighted by atomic mass is 19.1. The van der Waals surface area contributed by atoms with Gasteiger partial charge in [-0.1, -0.05) is 6.07 Å². The van der Waals surface area contributed by atoms with Gasteiger partial charge >= 0.3 is 0 Å². The van der Waals surface area contributed by atoms with Gasteiger partial charge in [0.05, 0.1) is 11.8 Å². The Labute approximate surface area is 176 Å². The van der Waals surface area contributed by atoms with Crippen molar-refractivity contribution in [2.45, 2.75) is 12.3 Å². The number of carbonyl (C=O) groups is 1. The third kappa shape index (κ3) is 3.50. The predicted molar refractivity (Wildman–Crippen MR) is 114 cm³/mol. The zero-order valence-corrected chi connectivity index (χ0v) is 16.6. The third-order valence-corrected chi connectivity index (χ3v) is 5.65. The van der Waals surface area contributed by atoms with Gasteiger partial charge in [0.1, 0.15) is 17.5 Å². The van der Waals surface area contributed by atoms with Crippen LogP contribution in [0.2, 0.25) is 0 Å². The van der Waals surface area contributed by atoms with Crippen LogP contribution in [0.3, 0.4) is 0 Å². The normalized spacial score (nSPS) is 17.6. The maximum atomic E-state index is 14.2. The Morgan fingerprint density at radius 3 is 2.68 bits per heavy atom. The summed E-state index contributed by atoms with van der Waals surface area (Å²) < 4.78 is 30.2. The van der Waals surface area contributed by atoms with Crippen molar-refractivity contribution in [1.82, 2.24) is 14.8 Å². The lowest BCUT2D eigenvalue weighted by Gasteiger charge is -2.11. The Kier molecular flexibility index (Phi) is 4.43. The molecule has 1 amide bonds. The summed E-state index contributed by atoms with van der Waals surface area (Å²) in [5.74, 6) is -1.08. The summed E-state index contributed by atoms with van der Waals surface area (Å²) in [4.78, 5) is 16.9. The molecule has 6 nitrogen and oxygen atoms in total. The number of anilines is 2. The molecule has 0 aliphatic heterocycles. The molecule has 2 heterocycles. The van der Waals surface area contributed by atoms with Gasteiger partial charge in [0.25, 0.3) is 0 Å². The molecule has 0 unspecified atom stereocenters. The first-order valence-electron chi connectivity index (χ1n) is 9.84. The lowest BCUT2D eigenvalue weighted by atomic mass is 10.00. The van der Waals surface area contributed by atoms with E-state index in [-0.39, 0.29) is 23.3 Å². The van der Waals surface area contributed by atoms with Crippen molar-refractivity contribution in [1.29, 1.82) is 0 Å². The molecule has 1 aliphatic rings. The van der Waals surface area contributed by atoms with Crippen LogP contribution in [0.4, 0.5) is 20.3 Å². The highest BCUT2D eigenvalue weighted by molar-refractivity contribution is 6.00. The van der Waals surface area contributed by atoms with E-state index >= 15 is 0 Å². The second kappa shape index (κ2) is 7.16. The number of carbonyl (C=O) groups excluding carboxylic acids is 1. The molecule has 0 radical (unpaired) electrons. The molecule has 5 rings (SSSR count). The maximum absolute atomic E-state index is 14.2. The van der Waals surface area contributed by atoms with Crippen LogP contribution in [0, 0.1) is 17.6 Å². The van der Waals surface area contributed by atoms with E-state index < -0.39 is 11.6 Å². The van der Waals surface area contributed by atoms with Crippen LogP contribution in [0.15, 0.2) is 55.0 Å². The zero-order valence-electron chi connectivity index (χ0n) is 16.6. The van der Waals surface area contributed by atoms with Crippen LogP contribution in [-0.2, 0) is 11.8 Å². The Balaban J connectivity index is 1.42. The monoisotopic (exact) mass is 419 g/mol. The van der Waals surface area contributed by atoms with Crippen molar-refractivity contribution < 1.29 is 13.6 Å². The number of halogens is 2. The highest BCUT2D eigenvalue weighted by Crippen LogP contribution is 2.47. The number of hydrogen-bond donors (Lipinski definition) is 2. The molecular formula is C23H19F2N5O. The minimum Gasteiger partial charge on any atom is -0.398 e. The largest absolute Gasteiger partial charge is 0.398 e. The molecule has 0 saturated heterocycles. The number of aryl methyl sites for hydroxylation is 1. The summed E-state index contributed by atoms with van der Waals surface area (Å²) in [5, 5.41) is 8.25. The Morgan fingerprint density at radius 2 is 1.97 bits per heavy atom. The van der Waals surface area contributed by atoms with E-state index in [0.29, 0.717) is 27.8 Å². The first-order valence-corrected chi connectivity index (χ1v) is 9.84. The molecule has 156 valence electrons. The molecule has 3 N–H and O–H groups in total. The molecule has 31 heavy (non-hydrogen) atoms. The Morgan fingerprint density at radius 1 is 1.19 bits per heavy atom. The Hall–Kier alpha value is -3.81. The van der Waals surface area contributed by atoms with E-state index in [1.165, 1.54) is 24.3 Å². The van der Waals surface area contributed by atoms with Crippen molar-refractivity contribution in [3.63, 3.8) is 0 Å². The van der Waals surface area contributed by atoms with Gasteiger partial charge in [-0.25, -0.2) is 13.8 Å². The van der Waals surface area contributed by atoms with E-state index in [4.69, 9.17) is 5.73 Å². The topological polar surface area (TPSA) is 85.8 Å². The van der Waals surface area contributed by atoms with Crippen molar-refractivity contribution >= 4 is 28.2 Å². The zero-order chi connectivity index (χ0) is 21.7. The van der Waals surface area contributed by atoms with Crippen LogP contribution in [0.5, 0.6) is 0 Å². The molecule has 1 saturated carbocycles. The summed E-state index contributed by atoms with van der Waals surface area (Å²) >= 11 is 0. The van der Waals surface area contributed by atoms with E-state index in [1.807, 2.05) is 13.2 Å². The maximum Gasteiger partial charge on any atom is 0.229 e. The summed E-state index contributed by atoms with van der Waals surface area (Å²) in [6.07, 6.45) is 6.00. The van der Waals surface area contributed by atoms with Crippen LogP contribution in [0.1, 0.15) is 17.9 Å². The van der Waals surface area contributed by atoms with Gasteiger partial charge in [0, 0.05) is 36.4 Å². The van der Waals surface area contributed by atoms with Gasteiger partial charge in [-0.05, 0) is 59.2 Å². The molecule has 8 heteroatoms. The first-order chi connectivity index (χ1) is 14.9. The minimum absolute atomic E-state index is 0.120. The SMILES string of the molecule is Cn1cc([C@H]2C[C@@H]2C(=O)Nc2cc3cc(-c4c(F)cccc4F)cc(N)c3cn2)cn1. The molecular weight excluding hydrogens is 400 g/mol. The van der Waals surface area contributed by atoms with Gasteiger partial charge in [0.15, 0.2) is 0 Å². The molecule has 2 aromatic carbocycles. The molecule has 1 aliphatic carbocycles. The van der Waals surface area contributed by atoms with Crippen LogP contribution < -0.4 is 11.1 Å². The number of nitrogens with one attached hydrogen (secondary N) is 1. The number of hydrogen-bond acceptors (Lipinski definition) is 4. The highest BCUT2D eigenvalue weighted by Gasteiger charge is 2.44. The molecule has 2 atom stereocenters. The standard InChI is InChI=1S/C23H19F2N5O/c1-30-11-14(9-28-30)15-8-16(15)23(31)29-21-7-12-5-13(6-20(26)17(12)10-27-21)22-18(24)3-2-4-19(22)25/h2-7,9-11,15-16H,8,26H2,1H3,(H,27,29,31)/t15-,16+/m1/s1. The summed E-state index contributed by atoms with van der Waals surface area (Å²) in [7, 11) is 1.84. The van der Waals surface area contributed by atoms with E-state index in [1.54, 1.807) is 29.2 Å². The van der Waals surface area contributed by atoms with E-state index in [2.05, 4.69) is 15.4 Å². The quantitative estimate of drug-likeness (QED) is 0.485. The second-order valence-corrected chi connectivity index (χ2v) is 7.84. The number of rotatable bonds is 4. The van der Waals surface area contributed by atoms with Crippen LogP contribution >= 0.6 is 0 Å². The van der Waals surface area contributed by atoms with Crippen molar-refractivity contribution in [2.24, 2.45) is 13.0 Å². The van der Waals surface area contributed by atoms with E-state index in [9.17, 15) is 13.6 Å². The number of benzene rings is 2. The van der Waals surface area contributed by atoms with Crippen molar-refractivity contribution in [2.75, 3.05) is 11.1 Å². The molecule has 4 aromatic rings. The number of nitrogens with zero attached hydrogens (tertiary/aromatic N) is 3. The average Bonchev–Trinajstić information content (AvgIpc) is 3.41.